The molecule has 0 aliphatic carbocycles. The fourth-order valence-electron chi connectivity index (χ4n) is 8.48. The lowest BCUT2D eigenvalue weighted by Gasteiger charge is -2.18. The lowest BCUT2D eigenvalue weighted by atomic mass is 9.64. The van der Waals surface area contributed by atoms with E-state index in [2.05, 4.69) is 0 Å². The second-order valence-electron chi connectivity index (χ2n) is 21.6. The molecular weight excluding hydrogens is 1240 g/mol. The second kappa shape index (κ2) is 41.0. The van der Waals surface area contributed by atoms with E-state index < -0.39 is 66.0 Å². The van der Waals surface area contributed by atoms with Gasteiger partial charge in [-0.25, -0.2) is 18.0 Å². The first-order valence-electron chi connectivity index (χ1n) is 30.6. The number of carbonyl (C=O) groups excluding carboxylic acids is 1. The average molecular weight is 1330 g/mol. The highest BCUT2D eigenvalue weighted by molar-refractivity contribution is 6.67. The number of halogens is 4. The number of aryl methyl sites for hydroxylation is 1. The molecule has 28 heteroatoms. The standard InChI is InChI=1S/C14H14BFO2.C10H12BFO3.C9H12BFO2.C9H11BO3.C9H13BO3.C8H10BClO.C8H9BO3/c1-15(17)12-7-13(16)9-14(8-12)18-10-11-5-3-2-4-6-11;1-3-15-10(13)7-4-8(11(2)14)6-9(12)5-7;1-3-13-9-5-7(10(2)12)4-8(11)6-9;1-10(11)7-2-3-8-9(6-7)13-5-4-12-8;1-10(11)7-4-8(12-2)6-9(5-7)13-3;1-6-3-7(9(2)11)5-8(10)4-6;1-9(10)6-2-3-7-8(4-6)12-5-11-7/h2-9,17H,10H2,1H3;4-6,14H,3H2,1-2H3;4-6,12H,3H2,1-2H3;2-3,6,11H,4-5H2,1H3;4-6,11H,1-3H3;3-5,11H,1-2H3;2-4,10H,5H2,1H3. The lowest BCUT2D eigenvalue weighted by molar-refractivity contribution is 0.0525. The molecule has 0 saturated carbocycles. The number of hydrogen-bond acceptors (Lipinski definition) is 17. The van der Waals surface area contributed by atoms with Gasteiger partial charge in [0.1, 0.15) is 60.3 Å². The van der Waals surface area contributed by atoms with Crippen LogP contribution >= 0.6 is 11.6 Å². The first kappa shape index (κ1) is 79.3. The minimum atomic E-state index is -0.811. The molecule has 7 N–H and O–H groups in total. The van der Waals surface area contributed by atoms with Crippen LogP contribution in [0.4, 0.5) is 13.2 Å². The van der Waals surface area contributed by atoms with Gasteiger partial charge in [0.2, 0.25) is 6.79 Å². The molecule has 95 heavy (non-hydrogen) atoms. The third-order valence-electron chi connectivity index (χ3n) is 13.6. The maximum absolute atomic E-state index is 13.3. The number of hydrogen-bond donors (Lipinski definition) is 7. The Morgan fingerprint density at radius 2 is 0.853 bits per heavy atom. The zero-order valence-electron chi connectivity index (χ0n) is 55.5. The molecule has 8 aromatic rings. The normalized spacial score (nSPS) is 10.9. The van der Waals surface area contributed by atoms with E-state index in [1.165, 1.54) is 43.2 Å². The fourth-order valence-corrected chi connectivity index (χ4v) is 8.78. The smallest absolute Gasteiger partial charge is 0.338 e. The van der Waals surface area contributed by atoms with Crippen LogP contribution in [0, 0.1) is 24.4 Å². The van der Waals surface area contributed by atoms with Crippen LogP contribution in [0.25, 0.3) is 0 Å². The van der Waals surface area contributed by atoms with Gasteiger partial charge in [0.25, 0.3) is 0 Å². The molecule has 10 rings (SSSR count). The van der Waals surface area contributed by atoms with Gasteiger partial charge >= 0.3 is 54.4 Å². The van der Waals surface area contributed by atoms with Crippen LogP contribution in [-0.2, 0) is 11.3 Å². The summed E-state index contributed by atoms with van der Waals surface area (Å²) in [4.78, 5) is 11.3. The van der Waals surface area contributed by atoms with E-state index in [9.17, 15) is 53.1 Å². The summed E-state index contributed by atoms with van der Waals surface area (Å²) < 4.78 is 85.8. The Morgan fingerprint density at radius 3 is 1.32 bits per heavy atom. The summed E-state index contributed by atoms with van der Waals surface area (Å²) in [6.45, 7) is 15.5. The second-order valence-corrected chi connectivity index (χ2v) is 22.0. The Hall–Kier alpha value is -8.12. The van der Waals surface area contributed by atoms with Gasteiger partial charge in [-0.3, -0.25) is 0 Å². The third kappa shape index (κ3) is 28.4. The predicted octanol–water partition coefficient (Wildman–Crippen LogP) is 6.60. The van der Waals surface area contributed by atoms with Crippen molar-refractivity contribution in [3.63, 3.8) is 0 Å². The van der Waals surface area contributed by atoms with E-state index in [1.54, 1.807) is 105 Å². The Bertz CT molecular complexity index is 3590. The topological polar surface area (TPSA) is 242 Å². The minimum Gasteiger partial charge on any atom is -0.497 e. The van der Waals surface area contributed by atoms with E-state index in [-0.39, 0.29) is 24.8 Å². The van der Waals surface area contributed by atoms with Crippen LogP contribution in [0.3, 0.4) is 0 Å². The summed E-state index contributed by atoms with van der Waals surface area (Å²) in [6.07, 6.45) is 0. The van der Waals surface area contributed by atoms with Crippen LogP contribution in [-0.4, -0.2) is 137 Å². The van der Waals surface area contributed by atoms with Gasteiger partial charge in [-0.2, -0.15) is 0 Å². The Kier molecular flexibility index (Phi) is 34.2. The Labute approximate surface area is 562 Å². The highest BCUT2D eigenvalue weighted by Crippen LogP contribution is 2.30. The molecule has 0 amide bonds. The van der Waals surface area contributed by atoms with Crippen molar-refractivity contribution in [2.24, 2.45) is 0 Å². The van der Waals surface area contributed by atoms with Crippen LogP contribution < -0.4 is 76.1 Å². The SMILES string of the molecule is CB(O)c1cc(C)cc(Cl)c1.CB(O)c1cc(F)cc(OCc2ccccc2)c1.CB(O)c1ccc2c(c1)OCCO2.CB(O)c1ccc2c(c1)OCO2.CCOC(=O)c1cc(F)cc(B(C)O)c1.CCOc1cc(F)cc(B(C)O)c1.COc1cc(OC)cc(B(C)O)c1. The lowest BCUT2D eigenvalue weighted by Crippen LogP contribution is -2.27. The maximum atomic E-state index is 13.3. The molecule has 0 aromatic heterocycles. The molecule has 0 unspecified atom stereocenters. The highest BCUT2D eigenvalue weighted by Gasteiger charge is 2.19. The summed E-state index contributed by atoms with van der Waals surface area (Å²) in [5.41, 5.74) is 6.97. The minimum absolute atomic E-state index is 0.118. The van der Waals surface area contributed by atoms with E-state index in [0.29, 0.717) is 76.6 Å². The summed E-state index contributed by atoms with van der Waals surface area (Å²) in [5, 5.41) is 65.8. The molecule has 8 aromatic carbocycles. The van der Waals surface area contributed by atoms with Gasteiger partial charge in [0.05, 0.1) is 33.0 Å². The van der Waals surface area contributed by atoms with Gasteiger partial charge in [-0.1, -0.05) is 120 Å². The summed E-state index contributed by atoms with van der Waals surface area (Å²) >= 11 is 5.78. The monoisotopic (exact) mass is 1330 g/mol. The number of ether oxygens (including phenoxy) is 9. The number of fused-ring (bicyclic) bond motifs is 2. The molecule has 0 saturated heterocycles. The van der Waals surface area contributed by atoms with Crippen molar-refractivity contribution < 1.29 is 95.8 Å². The van der Waals surface area contributed by atoms with E-state index >= 15 is 0 Å². The largest absolute Gasteiger partial charge is 0.497 e. The van der Waals surface area contributed by atoms with Crippen LogP contribution in [0.5, 0.6) is 46.0 Å². The van der Waals surface area contributed by atoms with Gasteiger partial charge in [0.15, 0.2) is 23.0 Å². The van der Waals surface area contributed by atoms with Crippen LogP contribution in [0.1, 0.15) is 35.3 Å². The molecule has 0 spiro atoms. The molecule has 0 radical (unpaired) electrons. The molecular formula is C67H81B7ClF3O17. The number of methoxy groups -OCH3 is 2. The van der Waals surface area contributed by atoms with Crippen molar-refractivity contribution in [3.8, 4) is 46.0 Å². The summed E-state index contributed by atoms with van der Waals surface area (Å²) in [6, 6.07) is 43.7. The molecule has 0 atom stereocenters. The van der Waals surface area contributed by atoms with Crippen molar-refractivity contribution in [2.75, 3.05) is 47.4 Å². The van der Waals surface area contributed by atoms with Crippen molar-refractivity contribution in [3.05, 3.63) is 197 Å². The van der Waals surface area contributed by atoms with Crippen LogP contribution in [0.15, 0.2) is 158 Å². The zero-order chi connectivity index (χ0) is 70.3. The average Bonchev–Trinajstić information content (AvgIpc) is 1.94. The zero-order valence-corrected chi connectivity index (χ0v) is 56.3. The first-order chi connectivity index (χ1) is 45.1. The number of esters is 1. The fraction of sp³-hybridized carbons (Fsp3) is 0.269. The van der Waals surface area contributed by atoms with E-state index in [4.69, 9.17) is 54.2 Å². The first-order valence-corrected chi connectivity index (χ1v) is 30.9. The quantitative estimate of drug-likeness (QED) is 0.0398. The van der Waals surface area contributed by atoms with E-state index in [0.717, 1.165) is 56.3 Å². The van der Waals surface area contributed by atoms with Crippen molar-refractivity contribution in [1.29, 1.82) is 0 Å². The molecule has 0 bridgehead atoms. The number of carbonyl (C=O) groups is 1. The van der Waals surface area contributed by atoms with E-state index in [1.807, 2.05) is 86.6 Å². The molecule has 500 valence electrons. The Balaban J connectivity index is 0.000000237. The van der Waals surface area contributed by atoms with Crippen molar-refractivity contribution >= 4 is 104 Å². The molecule has 2 heterocycles. The molecule has 0 fully saturated rings. The van der Waals surface area contributed by atoms with Crippen molar-refractivity contribution in [2.45, 2.75) is 75.1 Å². The van der Waals surface area contributed by atoms with Gasteiger partial charge in [0, 0.05) is 23.2 Å². The van der Waals surface area contributed by atoms with Gasteiger partial charge in [-0.05, 0) is 150 Å². The number of rotatable bonds is 16. The van der Waals surface area contributed by atoms with Crippen LogP contribution in [0.2, 0.25) is 52.8 Å². The number of benzene rings is 8. The molecule has 2 aliphatic heterocycles. The summed E-state index contributed by atoms with van der Waals surface area (Å²) in [7, 11) is 3.17. The van der Waals surface area contributed by atoms with Gasteiger partial charge < -0.3 is 77.8 Å². The molecule has 2 aliphatic rings. The summed E-state index contributed by atoms with van der Waals surface area (Å²) in [5.74, 6) is 3.28. The Morgan fingerprint density at radius 1 is 0.442 bits per heavy atom. The molecule has 17 nitrogen and oxygen atoms in total. The highest BCUT2D eigenvalue weighted by atomic mass is 35.5. The maximum Gasteiger partial charge on any atom is 0.338 e. The predicted molar refractivity (Wildman–Crippen MR) is 377 cm³/mol. The van der Waals surface area contributed by atoms with Crippen molar-refractivity contribution in [1.82, 2.24) is 0 Å². The van der Waals surface area contributed by atoms with Gasteiger partial charge in [-0.15, -0.1) is 0 Å². The third-order valence-corrected chi connectivity index (χ3v) is 13.8.